The van der Waals surface area contributed by atoms with Gasteiger partial charge in [-0.2, -0.15) is 5.26 Å². The summed E-state index contributed by atoms with van der Waals surface area (Å²) in [5, 5.41) is 17.7. The number of rotatable bonds is 4. The molecular weight excluding hydrogens is 388 g/mol. The van der Waals surface area contributed by atoms with Crippen LogP contribution >= 0.6 is 22.6 Å². The highest BCUT2D eigenvalue weighted by Gasteiger charge is 2.09. The first-order chi connectivity index (χ1) is 10.0. The SMILES string of the molecule is N#Cc1cc(COc2cc(C(=O)O)ccc2I)ccc1F. The van der Waals surface area contributed by atoms with Crippen LogP contribution in [0.3, 0.4) is 0 Å². The van der Waals surface area contributed by atoms with Crippen molar-refractivity contribution in [3.63, 3.8) is 0 Å². The van der Waals surface area contributed by atoms with Crippen molar-refractivity contribution >= 4 is 28.6 Å². The smallest absolute Gasteiger partial charge is 0.335 e. The molecular formula is C15H9FINO3. The molecule has 21 heavy (non-hydrogen) atoms. The monoisotopic (exact) mass is 397 g/mol. The van der Waals surface area contributed by atoms with Crippen LogP contribution in [-0.2, 0) is 6.61 Å². The molecule has 1 N–H and O–H groups in total. The molecule has 6 heteroatoms. The number of hydrogen-bond acceptors (Lipinski definition) is 3. The summed E-state index contributed by atoms with van der Waals surface area (Å²) in [5.41, 5.74) is 0.705. The van der Waals surface area contributed by atoms with Crippen molar-refractivity contribution in [3.8, 4) is 11.8 Å². The van der Waals surface area contributed by atoms with Crippen LogP contribution in [0.15, 0.2) is 36.4 Å². The van der Waals surface area contributed by atoms with E-state index < -0.39 is 11.8 Å². The van der Waals surface area contributed by atoms with Crippen LogP contribution in [0.5, 0.6) is 5.75 Å². The number of carboxylic acid groups (broad SMARTS) is 1. The minimum absolute atomic E-state index is 0.0508. The Morgan fingerprint density at radius 1 is 1.33 bits per heavy atom. The second kappa shape index (κ2) is 6.54. The Kier molecular flexibility index (Phi) is 4.75. The molecule has 0 aliphatic carbocycles. The number of nitrogens with zero attached hydrogens (tertiary/aromatic N) is 1. The summed E-state index contributed by atoms with van der Waals surface area (Å²) in [5.74, 6) is -1.19. The van der Waals surface area contributed by atoms with Crippen LogP contribution in [0.4, 0.5) is 4.39 Å². The van der Waals surface area contributed by atoms with E-state index >= 15 is 0 Å². The molecule has 0 aromatic heterocycles. The highest BCUT2D eigenvalue weighted by molar-refractivity contribution is 14.1. The van der Waals surface area contributed by atoms with Crippen LogP contribution in [0.25, 0.3) is 0 Å². The molecule has 0 unspecified atom stereocenters. The van der Waals surface area contributed by atoms with Crippen molar-refractivity contribution in [3.05, 3.63) is 62.5 Å². The van der Waals surface area contributed by atoms with Gasteiger partial charge >= 0.3 is 5.97 Å². The van der Waals surface area contributed by atoms with Gasteiger partial charge in [-0.1, -0.05) is 6.07 Å². The lowest BCUT2D eigenvalue weighted by Gasteiger charge is -2.09. The summed E-state index contributed by atoms with van der Waals surface area (Å²) in [6, 6.07) is 10.4. The summed E-state index contributed by atoms with van der Waals surface area (Å²) in [7, 11) is 0. The first-order valence-corrected chi connectivity index (χ1v) is 6.93. The maximum absolute atomic E-state index is 13.2. The van der Waals surface area contributed by atoms with Crippen molar-refractivity contribution < 1.29 is 19.0 Å². The molecule has 2 aromatic carbocycles. The van der Waals surface area contributed by atoms with E-state index in [1.54, 1.807) is 12.1 Å². The number of halogens is 2. The number of carbonyl (C=O) groups is 1. The van der Waals surface area contributed by atoms with Gasteiger partial charge in [0.1, 0.15) is 24.2 Å². The largest absolute Gasteiger partial charge is 0.488 e. The summed E-state index contributed by atoms with van der Waals surface area (Å²) in [6.07, 6.45) is 0. The van der Waals surface area contributed by atoms with Crippen molar-refractivity contribution in [1.29, 1.82) is 5.26 Å². The lowest BCUT2D eigenvalue weighted by molar-refractivity contribution is 0.0696. The fourth-order valence-corrected chi connectivity index (χ4v) is 2.15. The topological polar surface area (TPSA) is 70.3 Å². The van der Waals surface area contributed by atoms with Crippen LogP contribution in [0.1, 0.15) is 21.5 Å². The summed E-state index contributed by atoms with van der Waals surface area (Å²) in [6.45, 7) is 0.119. The van der Waals surface area contributed by atoms with E-state index in [9.17, 15) is 9.18 Å². The van der Waals surface area contributed by atoms with E-state index in [0.29, 0.717) is 11.3 Å². The Labute approximate surface area is 133 Å². The highest BCUT2D eigenvalue weighted by atomic mass is 127. The van der Waals surface area contributed by atoms with E-state index in [1.807, 2.05) is 22.6 Å². The predicted octanol–water partition coefficient (Wildman–Crippen LogP) is 3.58. The third-order valence-electron chi connectivity index (χ3n) is 2.72. The Balaban J connectivity index is 2.18. The molecule has 2 rings (SSSR count). The van der Waals surface area contributed by atoms with Crippen molar-refractivity contribution in [2.75, 3.05) is 0 Å². The Morgan fingerprint density at radius 3 is 2.76 bits per heavy atom. The molecule has 0 aliphatic heterocycles. The normalized spacial score (nSPS) is 9.95. The van der Waals surface area contributed by atoms with Crippen molar-refractivity contribution in [2.24, 2.45) is 0 Å². The molecule has 0 bridgehead atoms. The Morgan fingerprint density at radius 2 is 2.10 bits per heavy atom. The predicted molar refractivity (Wildman–Crippen MR) is 81.6 cm³/mol. The first-order valence-electron chi connectivity index (χ1n) is 5.85. The fourth-order valence-electron chi connectivity index (χ4n) is 1.66. The molecule has 0 amide bonds. The second-order valence-electron chi connectivity index (χ2n) is 4.17. The van der Waals surface area contributed by atoms with E-state index in [1.165, 1.54) is 30.3 Å². The van der Waals surface area contributed by atoms with E-state index in [4.69, 9.17) is 15.1 Å². The third-order valence-corrected chi connectivity index (χ3v) is 3.61. The minimum Gasteiger partial charge on any atom is -0.488 e. The zero-order valence-electron chi connectivity index (χ0n) is 10.6. The summed E-state index contributed by atoms with van der Waals surface area (Å²) >= 11 is 2.03. The standard InChI is InChI=1S/C15H9FINO3/c16-12-3-1-9(5-11(12)7-18)8-21-14-6-10(15(19)20)2-4-13(14)17/h1-6H,8H2,(H,19,20). The fraction of sp³-hybridized carbons (Fsp3) is 0.0667. The molecule has 2 aromatic rings. The third kappa shape index (κ3) is 3.70. The number of carboxylic acids is 1. The van der Waals surface area contributed by atoms with Gasteiger partial charge < -0.3 is 9.84 Å². The first kappa shape index (κ1) is 15.3. The van der Waals surface area contributed by atoms with E-state index in [2.05, 4.69) is 0 Å². The highest BCUT2D eigenvalue weighted by Crippen LogP contribution is 2.23. The van der Waals surface area contributed by atoms with Crippen LogP contribution < -0.4 is 4.74 Å². The van der Waals surface area contributed by atoms with E-state index in [0.717, 1.165) is 3.57 Å². The molecule has 0 heterocycles. The van der Waals surface area contributed by atoms with Gasteiger partial charge in [-0.05, 0) is 58.5 Å². The number of hydrogen-bond donors (Lipinski definition) is 1. The lowest BCUT2D eigenvalue weighted by atomic mass is 10.1. The van der Waals surface area contributed by atoms with Gasteiger partial charge in [0.05, 0.1) is 14.7 Å². The maximum Gasteiger partial charge on any atom is 0.335 e. The molecule has 106 valence electrons. The number of nitriles is 1. The van der Waals surface area contributed by atoms with Crippen molar-refractivity contribution in [1.82, 2.24) is 0 Å². The lowest BCUT2D eigenvalue weighted by Crippen LogP contribution is -2.01. The average molecular weight is 397 g/mol. The van der Waals surface area contributed by atoms with Gasteiger partial charge in [0.2, 0.25) is 0 Å². The zero-order chi connectivity index (χ0) is 15.4. The van der Waals surface area contributed by atoms with Crippen molar-refractivity contribution in [2.45, 2.75) is 6.61 Å². The second-order valence-corrected chi connectivity index (χ2v) is 5.33. The molecule has 0 spiro atoms. The van der Waals surface area contributed by atoms with Gasteiger partial charge in [0.15, 0.2) is 0 Å². The number of ether oxygens (including phenoxy) is 1. The molecule has 0 saturated carbocycles. The van der Waals surface area contributed by atoms with Crippen LogP contribution in [0, 0.1) is 20.7 Å². The molecule has 0 fully saturated rings. The van der Waals surface area contributed by atoms with E-state index in [-0.39, 0.29) is 17.7 Å². The number of aromatic carboxylic acids is 1. The quantitative estimate of drug-likeness (QED) is 0.801. The van der Waals surface area contributed by atoms with Gasteiger partial charge in [-0.3, -0.25) is 0 Å². The van der Waals surface area contributed by atoms with Gasteiger partial charge in [0.25, 0.3) is 0 Å². The van der Waals surface area contributed by atoms with Gasteiger partial charge in [-0.25, -0.2) is 9.18 Å². The minimum atomic E-state index is -1.04. The molecule has 0 saturated heterocycles. The molecule has 0 aliphatic rings. The van der Waals surface area contributed by atoms with Gasteiger partial charge in [-0.15, -0.1) is 0 Å². The van der Waals surface area contributed by atoms with Gasteiger partial charge in [0, 0.05) is 0 Å². The average Bonchev–Trinajstić information content (AvgIpc) is 2.47. The maximum atomic E-state index is 13.2. The Hall–Kier alpha value is -2.14. The summed E-state index contributed by atoms with van der Waals surface area (Å²) < 4.78 is 19.5. The summed E-state index contributed by atoms with van der Waals surface area (Å²) in [4.78, 5) is 10.9. The van der Waals surface area contributed by atoms with Crippen LogP contribution in [0.2, 0.25) is 0 Å². The Bertz CT molecular complexity index is 740. The zero-order valence-corrected chi connectivity index (χ0v) is 12.8. The van der Waals surface area contributed by atoms with Crippen LogP contribution in [-0.4, -0.2) is 11.1 Å². The molecule has 0 radical (unpaired) electrons. The molecule has 4 nitrogen and oxygen atoms in total. The number of benzene rings is 2. The molecule has 0 atom stereocenters.